The molecule has 0 bridgehead atoms. The van der Waals surface area contributed by atoms with Gasteiger partial charge in [-0.15, -0.1) is 0 Å². The molecule has 2 N–H and O–H groups in total. The summed E-state index contributed by atoms with van der Waals surface area (Å²) in [5, 5.41) is 4.96. The van der Waals surface area contributed by atoms with Crippen molar-refractivity contribution in [1.82, 2.24) is 19.7 Å². The molecule has 6 nitrogen and oxygen atoms in total. The summed E-state index contributed by atoms with van der Waals surface area (Å²) >= 11 is 0. The molecule has 2 aromatic heterocycles. The number of nitrogens with zero attached hydrogens (tertiary/aromatic N) is 4. The molecule has 6 rings (SSSR count). The van der Waals surface area contributed by atoms with E-state index in [-0.39, 0.29) is 5.95 Å². The SMILES string of the molecule is Nc1nc(-c2ccccc2)cc(-c2cn(-c3ccccc3)nc2-c2ccc(OCc3ccccc3)cc2)n1. The number of rotatable bonds is 7. The normalized spacial score (nSPS) is 10.8. The molecule has 0 saturated carbocycles. The Morgan fingerprint density at radius 1 is 0.658 bits per heavy atom. The Hall–Kier alpha value is -5.23. The van der Waals surface area contributed by atoms with Crippen molar-refractivity contribution in [3.8, 4) is 45.2 Å². The van der Waals surface area contributed by atoms with Crippen molar-refractivity contribution in [2.45, 2.75) is 6.61 Å². The number of nitrogen functional groups attached to an aromatic ring is 1. The second-order valence-corrected chi connectivity index (χ2v) is 8.83. The molecule has 0 fully saturated rings. The summed E-state index contributed by atoms with van der Waals surface area (Å²) in [6, 6.07) is 40.0. The molecule has 0 aliphatic carbocycles. The van der Waals surface area contributed by atoms with Crippen LogP contribution in [0, 0.1) is 0 Å². The summed E-state index contributed by atoms with van der Waals surface area (Å²) in [6.07, 6.45) is 1.99. The first kappa shape index (κ1) is 23.2. The van der Waals surface area contributed by atoms with Gasteiger partial charge in [-0.25, -0.2) is 14.6 Å². The van der Waals surface area contributed by atoms with E-state index in [1.54, 1.807) is 0 Å². The summed E-state index contributed by atoms with van der Waals surface area (Å²) < 4.78 is 7.86. The molecular weight excluding hydrogens is 470 g/mol. The number of nitrogens with two attached hydrogens (primary N) is 1. The average Bonchev–Trinajstić information content (AvgIpc) is 3.43. The van der Waals surface area contributed by atoms with Gasteiger partial charge < -0.3 is 10.5 Å². The fourth-order valence-corrected chi connectivity index (χ4v) is 4.30. The summed E-state index contributed by atoms with van der Waals surface area (Å²) in [4.78, 5) is 9.07. The number of benzene rings is 4. The third kappa shape index (κ3) is 5.01. The molecule has 0 radical (unpaired) electrons. The molecule has 6 aromatic rings. The Morgan fingerprint density at radius 3 is 2.00 bits per heavy atom. The highest BCUT2D eigenvalue weighted by Gasteiger charge is 2.17. The molecular formula is C32H25N5O. The predicted molar refractivity (Wildman–Crippen MR) is 151 cm³/mol. The van der Waals surface area contributed by atoms with Gasteiger partial charge in [0.1, 0.15) is 18.1 Å². The Labute approximate surface area is 221 Å². The van der Waals surface area contributed by atoms with Crippen molar-refractivity contribution in [2.75, 3.05) is 5.73 Å². The van der Waals surface area contributed by atoms with Crippen molar-refractivity contribution in [2.24, 2.45) is 0 Å². The van der Waals surface area contributed by atoms with Crippen LogP contribution in [0.5, 0.6) is 5.75 Å². The van der Waals surface area contributed by atoms with Crippen molar-refractivity contribution in [1.29, 1.82) is 0 Å². The van der Waals surface area contributed by atoms with Gasteiger partial charge in [0.25, 0.3) is 0 Å². The topological polar surface area (TPSA) is 78.8 Å². The largest absolute Gasteiger partial charge is 0.489 e. The van der Waals surface area contributed by atoms with Crippen molar-refractivity contribution < 1.29 is 4.74 Å². The maximum atomic E-state index is 6.18. The van der Waals surface area contributed by atoms with Gasteiger partial charge in [-0.1, -0.05) is 78.9 Å². The van der Waals surface area contributed by atoms with Crippen LogP contribution in [0.25, 0.3) is 39.5 Å². The minimum absolute atomic E-state index is 0.212. The average molecular weight is 496 g/mol. The third-order valence-corrected chi connectivity index (χ3v) is 6.20. The number of ether oxygens (including phenoxy) is 1. The van der Waals surface area contributed by atoms with Gasteiger partial charge in [-0.2, -0.15) is 5.10 Å². The highest BCUT2D eigenvalue weighted by Crippen LogP contribution is 2.34. The molecule has 0 saturated heterocycles. The van der Waals surface area contributed by atoms with Crippen LogP contribution in [-0.4, -0.2) is 19.7 Å². The van der Waals surface area contributed by atoms with E-state index in [4.69, 9.17) is 15.6 Å². The highest BCUT2D eigenvalue weighted by atomic mass is 16.5. The lowest BCUT2D eigenvalue weighted by Crippen LogP contribution is -1.99. The lowest BCUT2D eigenvalue weighted by molar-refractivity contribution is 0.306. The molecule has 0 unspecified atom stereocenters. The first-order valence-electron chi connectivity index (χ1n) is 12.4. The van der Waals surface area contributed by atoms with E-state index in [9.17, 15) is 0 Å². The minimum atomic E-state index is 0.212. The molecule has 0 aliphatic heterocycles. The van der Waals surface area contributed by atoms with Crippen LogP contribution in [0.4, 0.5) is 5.95 Å². The van der Waals surface area contributed by atoms with Gasteiger partial charge >= 0.3 is 0 Å². The Balaban J connectivity index is 1.39. The molecule has 184 valence electrons. The fraction of sp³-hybridized carbons (Fsp3) is 0.0312. The molecule has 0 aliphatic rings. The monoisotopic (exact) mass is 495 g/mol. The molecule has 0 amide bonds. The molecule has 0 spiro atoms. The Kier molecular flexibility index (Phi) is 6.35. The lowest BCUT2D eigenvalue weighted by atomic mass is 10.0. The van der Waals surface area contributed by atoms with Crippen LogP contribution < -0.4 is 10.5 Å². The van der Waals surface area contributed by atoms with E-state index in [2.05, 4.69) is 9.97 Å². The lowest BCUT2D eigenvalue weighted by Gasteiger charge is -2.08. The van der Waals surface area contributed by atoms with E-state index in [0.29, 0.717) is 12.3 Å². The number of aromatic nitrogens is 4. The first-order chi connectivity index (χ1) is 18.7. The minimum Gasteiger partial charge on any atom is -0.489 e. The maximum Gasteiger partial charge on any atom is 0.221 e. The number of hydrogen-bond donors (Lipinski definition) is 1. The van der Waals surface area contributed by atoms with Crippen LogP contribution in [0.2, 0.25) is 0 Å². The molecule has 0 atom stereocenters. The Bertz CT molecular complexity index is 1650. The molecule has 4 aromatic carbocycles. The summed E-state index contributed by atoms with van der Waals surface area (Å²) in [5.41, 5.74) is 13.3. The Morgan fingerprint density at radius 2 is 1.29 bits per heavy atom. The van der Waals surface area contributed by atoms with Crippen LogP contribution in [0.1, 0.15) is 5.56 Å². The van der Waals surface area contributed by atoms with Crippen molar-refractivity contribution in [3.63, 3.8) is 0 Å². The van der Waals surface area contributed by atoms with Crippen molar-refractivity contribution in [3.05, 3.63) is 133 Å². The number of hydrogen-bond acceptors (Lipinski definition) is 5. The van der Waals surface area contributed by atoms with Crippen LogP contribution in [0.15, 0.2) is 128 Å². The van der Waals surface area contributed by atoms with Crippen molar-refractivity contribution >= 4 is 5.95 Å². The third-order valence-electron chi connectivity index (χ3n) is 6.20. The quantitative estimate of drug-likeness (QED) is 0.263. The zero-order valence-electron chi connectivity index (χ0n) is 20.6. The highest BCUT2D eigenvalue weighted by molar-refractivity contribution is 5.81. The van der Waals surface area contributed by atoms with E-state index in [0.717, 1.165) is 45.1 Å². The van der Waals surface area contributed by atoms with E-state index < -0.39 is 0 Å². The fourth-order valence-electron chi connectivity index (χ4n) is 4.30. The van der Waals surface area contributed by atoms with Gasteiger partial charge in [0.15, 0.2) is 0 Å². The summed E-state index contributed by atoms with van der Waals surface area (Å²) in [6.45, 7) is 0.510. The van der Waals surface area contributed by atoms with Gasteiger partial charge in [-0.05, 0) is 48.0 Å². The molecule has 6 heteroatoms. The van der Waals surface area contributed by atoms with Crippen LogP contribution >= 0.6 is 0 Å². The second-order valence-electron chi connectivity index (χ2n) is 8.83. The van der Waals surface area contributed by atoms with Crippen LogP contribution in [0.3, 0.4) is 0 Å². The van der Waals surface area contributed by atoms with Gasteiger partial charge in [-0.3, -0.25) is 0 Å². The number of para-hydroxylation sites is 1. The molecule has 2 heterocycles. The van der Waals surface area contributed by atoms with E-state index in [1.165, 1.54) is 0 Å². The molecule has 38 heavy (non-hydrogen) atoms. The maximum absolute atomic E-state index is 6.18. The predicted octanol–water partition coefficient (Wildman–Crippen LogP) is 6.82. The van der Waals surface area contributed by atoms with Crippen LogP contribution in [-0.2, 0) is 6.61 Å². The van der Waals surface area contributed by atoms with Gasteiger partial charge in [0, 0.05) is 22.9 Å². The zero-order chi connectivity index (χ0) is 25.7. The first-order valence-corrected chi connectivity index (χ1v) is 12.4. The summed E-state index contributed by atoms with van der Waals surface area (Å²) in [5.74, 6) is 1.00. The standard InChI is InChI=1S/C32H25N5O/c33-32-34-29(24-12-6-2-7-13-24)20-30(35-32)28-21-37(26-14-8-3-9-15-26)36-31(28)25-16-18-27(19-17-25)38-22-23-10-4-1-5-11-23/h1-21H,22H2,(H2,33,34,35). The second kappa shape index (κ2) is 10.4. The zero-order valence-corrected chi connectivity index (χ0v) is 20.6. The van der Waals surface area contributed by atoms with Gasteiger partial charge in [0.05, 0.1) is 17.1 Å². The van der Waals surface area contributed by atoms with E-state index in [1.807, 2.05) is 132 Å². The van der Waals surface area contributed by atoms with Gasteiger partial charge in [0.2, 0.25) is 5.95 Å². The number of anilines is 1. The smallest absolute Gasteiger partial charge is 0.221 e. The van der Waals surface area contributed by atoms with E-state index >= 15 is 0 Å². The summed E-state index contributed by atoms with van der Waals surface area (Å²) in [7, 11) is 0.